The summed E-state index contributed by atoms with van der Waals surface area (Å²) in [6.45, 7) is 1.71. The number of H-pyrrole nitrogens is 1. The van der Waals surface area contributed by atoms with Gasteiger partial charge in [-0.2, -0.15) is 5.10 Å². The molecule has 6 heteroatoms. The molecule has 2 aromatic carbocycles. The normalized spacial score (nSPS) is 12.5. The molecule has 0 aliphatic carbocycles. The molecule has 0 aliphatic heterocycles. The number of aromatic nitrogens is 3. The number of nitrogens with zero attached hydrogens (tertiary/aromatic N) is 2. The molecule has 0 fully saturated rings. The Kier molecular flexibility index (Phi) is 6.47. The zero-order valence-corrected chi connectivity index (χ0v) is 17.7. The number of carboxylic acids is 1. The van der Waals surface area contributed by atoms with Crippen molar-refractivity contribution in [1.82, 2.24) is 15.2 Å². The molecule has 2 N–H and O–H groups in total. The molecule has 0 amide bonds. The first-order valence-electron chi connectivity index (χ1n) is 10.3. The first-order valence-corrected chi connectivity index (χ1v) is 10.3. The number of rotatable bonds is 8. The summed E-state index contributed by atoms with van der Waals surface area (Å²) in [5.41, 5.74) is 3.94. The van der Waals surface area contributed by atoms with E-state index in [1.807, 2.05) is 54.7 Å². The third-order valence-corrected chi connectivity index (χ3v) is 5.24. The Morgan fingerprint density at radius 2 is 1.94 bits per heavy atom. The molecule has 0 radical (unpaired) electrons. The van der Waals surface area contributed by atoms with Crippen molar-refractivity contribution in [2.45, 2.75) is 31.8 Å². The molecule has 2 heterocycles. The van der Waals surface area contributed by atoms with Gasteiger partial charge in [0.25, 0.3) is 0 Å². The predicted octanol–water partition coefficient (Wildman–Crippen LogP) is 4.90. The molecule has 0 unspecified atom stereocenters. The molecular formula is C26H23N3O3. The van der Waals surface area contributed by atoms with E-state index in [1.165, 1.54) is 0 Å². The molecular weight excluding hydrogens is 402 g/mol. The van der Waals surface area contributed by atoms with Crippen molar-refractivity contribution in [3.63, 3.8) is 0 Å². The number of benzene rings is 2. The molecule has 2 aromatic heterocycles. The molecule has 0 aliphatic rings. The smallest absolute Gasteiger partial charge is 0.304 e. The van der Waals surface area contributed by atoms with Crippen LogP contribution in [0.4, 0.5) is 0 Å². The van der Waals surface area contributed by atoms with Gasteiger partial charge >= 0.3 is 5.97 Å². The molecule has 160 valence electrons. The zero-order chi connectivity index (χ0) is 22.3. The van der Waals surface area contributed by atoms with E-state index in [9.17, 15) is 4.79 Å². The van der Waals surface area contributed by atoms with E-state index < -0.39 is 5.97 Å². The van der Waals surface area contributed by atoms with Crippen molar-refractivity contribution in [2.24, 2.45) is 0 Å². The molecule has 6 nitrogen and oxygen atoms in total. The fourth-order valence-corrected chi connectivity index (χ4v) is 3.67. The molecule has 4 rings (SSSR count). The SMILES string of the molecule is CC#C[C@@H](CC(=O)O)c1ccc(O[C@@H](Cc2cccnc2)c2ccc3[nH]ncc3c2)cc1. The number of hydrogen-bond acceptors (Lipinski definition) is 4. The van der Waals surface area contributed by atoms with Gasteiger partial charge < -0.3 is 9.84 Å². The molecule has 0 saturated carbocycles. The van der Waals surface area contributed by atoms with Crippen LogP contribution in [0.15, 0.2) is 73.2 Å². The summed E-state index contributed by atoms with van der Waals surface area (Å²) in [6.07, 6.45) is 5.79. The Morgan fingerprint density at radius 3 is 2.66 bits per heavy atom. The van der Waals surface area contributed by atoms with Crippen molar-refractivity contribution >= 4 is 16.9 Å². The standard InChI is InChI=1S/C26H23N3O3/c1-2-4-20(15-26(30)31)19-6-9-23(10-7-19)32-25(13-18-5-3-12-27-16-18)21-8-11-24-22(14-21)17-28-29-24/h3,5-12,14,16-17,20,25H,13,15H2,1H3,(H,28,29)(H,30,31)/t20-,25-/m0/s1. The highest BCUT2D eigenvalue weighted by Gasteiger charge is 2.17. The van der Waals surface area contributed by atoms with Gasteiger partial charge in [0.2, 0.25) is 0 Å². The van der Waals surface area contributed by atoms with Gasteiger partial charge in [0, 0.05) is 24.2 Å². The summed E-state index contributed by atoms with van der Waals surface area (Å²) in [5.74, 6) is 5.28. The third kappa shape index (κ3) is 5.13. The van der Waals surface area contributed by atoms with Gasteiger partial charge in [0.05, 0.1) is 24.1 Å². The van der Waals surface area contributed by atoms with E-state index >= 15 is 0 Å². The lowest BCUT2D eigenvalue weighted by atomic mass is 9.96. The molecule has 32 heavy (non-hydrogen) atoms. The highest BCUT2D eigenvalue weighted by atomic mass is 16.5. The van der Waals surface area contributed by atoms with Crippen LogP contribution in [0.2, 0.25) is 0 Å². The Balaban J connectivity index is 1.60. The van der Waals surface area contributed by atoms with Crippen LogP contribution >= 0.6 is 0 Å². The summed E-state index contributed by atoms with van der Waals surface area (Å²) in [5, 5.41) is 17.3. The van der Waals surface area contributed by atoms with Crippen LogP contribution in [0.5, 0.6) is 5.75 Å². The first kappa shape index (κ1) is 21.1. The zero-order valence-electron chi connectivity index (χ0n) is 17.7. The fourth-order valence-electron chi connectivity index (χ4n) is 3.67. The van der Waals surface area contributed by atoms with Gasteiger partial charge in [0.15, 0.2) is 0 Å². The quantitative estimate of drug-likeness (QED) is 0.392. The molecule has 2 atom stereocenters. The van der Waals surface area contributed by atoms with E-state index in [-0.39, 0.29) is 18.4 Å². The minimum atomic E-state index is -0.871. The van der Waals surface area contributed by atoms with Crippen molar-refractivity contribution in [3.05, 3.63) is 89.9 Å². The largest absolute Gasteiger partial charge is 0.485 e. The maximum Gasteiger partial charge on any atom is 0.304 e. The van der Waals surface area contributed by atoms with Crippen LogP contribution in [0.1, 0.15) is 42.1 Å². The second-order valence-electron chi connectivity index (χ2n) is 7.50. The second kappa shape index (κ2) is 9.80. The highest BCUT2D eigenvalue weighted by Crippen LogP contribution is 2.29. The van der Waals surface area contributed by atoms with Crippen LogP contribution in [0, 0.1) is 11.8 Å². The van der Waals surface area contributed by atoms with Crippen LogP contribution < -0.4 is 4.74 Å². The molecule has 0 saturated heterocycles. The molecule has 0 spiro atoms. The topological polar surface area (TPSA) is 88.1 Å². The van der Waals surface area contributed by atoms with E-state index in [2.05, 4.69) is 33.1 Å². The van der Waals surface area contributed by atoms with E-state index in [0.717, 1.165) is 27.6 Å². The minimum absolute atomic E-state index is 0.0324. The van der Waals surface area contributed by atoms with Crippen molar-refractivity contribution in [2.75, 3.05) is 0 Å². The predicted molar refractivity (Wildman–Crippen MR) is 122 cm³/mol. The Bertz CT molecular complexity index is 1250. The number of carboxylic acid groups (broad SMARTS) is 1. The summed E-state index contributed by atoms with van der Waals surface area (Å²) in [4.78, 5) is 15.4. The lowest BCUT2D eigenvalue weighted by molar-refractivity contribution is -0.137. The Labute approximate surface area is 186 Å². The number of fused-ring (bicyclic) bond motifs is 1. The lowest BCUT2D eigenvalue weighted by Crippen LogP contribution is -2.11. The Hall–Kier alpha value is -4.11. The highest BCUT2D eigenvalue weighted by molar-refractivity contribution is 5.78. The van der Waals surface area contributed by atoms with Crippen LogP contribution in [-0.2, 0) is 11.2 Å². The van der Waals surface area contributed by atoms with Gasteiger partial charge in [-0.15, -0.1) is 5.92 Å². The van der Waals surface area contributed by atoms with E-state index in [1.54, 1.807) is 19.3 Å². The lowest BCUT2D eigenvalue weighted by Gasteiger charge is -2.20. The van der Waals surface area contributed by atoms with Crippen LogP contribution in [-0.4, -0.2) is 26.3 Å². The van der Waals surface area contributed by atoms with E-state index in [4.69, 9.17) is 9.84 Å². The molecule has 4 aromatic rings. The second-order valence-corrected chi connectivity index (χ2v) is 7.50. The average molecular weight is 425 g/mol. The van der Waals surface area contributed by atoms with Crippen LogP contribution in [0.25, 0.3) is 10.9 Å². The number of carbonyl (C=O) groups is 1. The van der Waals surface area contributed by atoms with Crippen molar-refractivity contribution < 1.29 is 14.6 Å². The van der Waals surface area contributed by atoms with Gasteiger partial charge in [-0.1, -0.05) is 30.2 Å². The van der Waals surface area contributed by atoms with Gasteiger partial charge in [-0.25, -0.2) is 0 Å². The fraction of sp³-hybridized carbons (Fsp3) is 0.192. The summed E-state index contributed by atoms with van der Waals surface area (Å²) in [7, 11) is 0. The van der Waals surface area contributed by atoms with Crippen molar-refractivity contribution in [1.29, 1.82) is 0 Å². The monoisotopic (exact) mass is 425 g/mol. The third-order valence-electron chi connectivity index (χ3n) is 5.24. The van der Waals surface area contributed by atoms with E-state index in [0.29, 0.717) is 12.2 Å². The number of ether oxygens (including phenoxy) is 1. The number of pyridine rings is 1. The number of nitrogens with one attached hydrogen (secondary N) is 1. The Morgan fingerprint density at radius 1 is 1.12 bits per heavy atom. The first-order chi connectivity index (χ1) is 15.6. The average Bonchev–Trinajstić information content (AvgIpc) is 3.27. The van der Waals surface area contributed by atoms with Gasteiger partial charge in [-0.05, 0) is 53.9 Å². The maximum atomic E-state index is 11.2. The summed E-state index contributed by atoms with van der Waals surface area (Å²) in [6, 6.07) is 17.6. The van der Waals surface area contributed by atoms with Gasteiger partial charge in [0.1, 0.15) is 11.9 Å². The van der Waals surface area contributed by atoms with Crippen molar-refractivity contribution in [3.8, 4) is 17.6 Å². The number of aliphatic carboxylic acids is 1. The minimum Gasteiger partial charge on any atom is -0.485 e. The summed E-state index contributed by atoms with van der Waals surface area (Å²) < 4.78 is 6.40. The summed E-state index contributed by atoms with van der Waals surface area (Å²) >= 11 is 0. The van der Waals surface area contributed by atoms with Gasteiger partial charge in [-0.3, -0.25) is 14.9 Å². The van der Waals surface area contributed by atoms with Crippen LogP contribution in [0.3, 0.4) is 0 Å². The molecule has 0 bridgehead atoms. The number of hydrogen-bond donors (Lipinski definition) is 2. The maximum absolute atomic E-state index is 11.2. The number of aromatic amines is 1.